The van der Waals surface area contributed by atoms with E-state index in [4.69, 9.17) is 0 Å². The molecule has 2 amide bonds. The maximum absolute atomic E-state index is 11.9. The summed E-state index contributed by atoms with van der Waals surface area (Å²) in [6.45, 7) is -0.0567. The van der Waals surface area contributed by atoms with Gasteiger partial charge in [-0.15, -0.1) is 0 Å². The molecule has 0 saturated heterocycles. The lowest BCUT2D eigenvalue weighted by atomic mass is 10.1. The number of carbonyl (C=O) groups excluding carboxylic acids is 4. The van der Waals surface area contributed by atoms with E-state index in [1.165, 1.54) is 0 Å². The fraction of sp³-hybridized carbons (Fsp3) is 0.273. The first-order valence-electron chi connectivity index (χ1n) is 9.26. The topological polar surface area (TPSA) is 92.3 Å². The first-order chi connectivity index (χ1) is 13.6. The highest BCUT2D eigenvalue weighted by Crippen LogP contribution is 2.03. The van der Waals surface area contributed by atoms with Gasteiger partial charge in [0, 0.05) is 24.0 Å². The lowest BCUT2D eigenvalue weighted by Gasteiger charge is -2.06. The number of Topliss-reactive ketones (excluding diaryl/α,β-unsaturated/α-hetero) is 2. The summed E-state index contributed by atoms with van der Waals surface area (Å²) in [5.41, 5.74) is 1.07. The van der Waals surface area contributed by atoms with Crippen LogP contribution in [0.1, 0.15) is 46.4 Å². The van der Waals surface area contributed by atoms with Gasteiger partial charge in [-0.05, 0) is 25.0 Å². The van der Waals surface area contributed by atoms with E-state index in [9.17, 15) is 19.2 Å². The van der Waals surface area contributed by atoms with Crippen LogP contribution >= 0.6 is 0 Å². The summed E-state index contributed by atoms with van der Waals surface area (Å²) in [4.78, 5) is 47.4. The smallest absolute Gasteiger partial charge is 0.251 e. The summed E-state index contributed by atoms with van der Waals surface area (Å²) in [6.07, 6.45) is 1.65. The van der Waals surface area contributed by atoms with Gasteiger partial charge in [0.2, 0.25) is 5.91 Å². The van der Waals surface area contributed by atoms with Crippen molar-refractivity contribution in [2.24, 2.45) is 0 Å². The summed E-state index contributed by atoms with van der Waals surface area (Å²) in [5, 5.41) is 5.19. The first-order valence-corrected chi connectivity index (χ1v) is 9.26. The van der Waals surface area contributed by atoms with Crippen LogP contribution in [0.4, 0.5) is 0 Å². The van der Waals surface area contributed by atoms with Crippen LogP contribution in [0.15, 0.2) is 60.7 Å². The fourth-order valence-corrected chi connectivity index (χ4v) is 2.56. The average Bonchev–Trinajstić information content (AvgIpc) is 2.74. The predicted molar refractivity (Wildman–Crippen MR) is 106 cm³/mol. The largest absolute Gasteiger partial charge is 0.349 e. The van der Waals surface area contributed by atoms with Gasteiger partial charge in [0.05, 0.1) is 13.1 Å². The second-order valence-electron chi connectivity index (χ2n) is 6.36. The molecule has 2 aromatic carbocycles. The maximum atomic E-state index is 11.9. The molecule has 6 nitrogen and oxygen atoms in total. The van der Waals surface area contributed by atoms with Crippen LogP contribution in [-0.4, -0.2) is 36.5 Å². The number of hydrogen-bond acceptors (Lipinski definition) is 4. The second-order valence-corrected chi connectivity index (χ2v) is 6.36. The molecule has 2 N–H and O–H groups in total. The molecule has 0 unspecified atom stereocenters. The Bertz CT molecular complexity index is 734. The van der Waals surface area contributed by atoms with Crippen molar-refractivity contribution in [3.63, 3.8) is 0 Å². The van der Waals surface area contributed by atoms with Crippen LogP contribution in [0.3, 0.4) is 0 Å². The second kappa shape index (κ2) is 11.4. The number of amides is 2. The maximum Gasteiger partial charge on any atom is 0.251 e. The molecule has 28 heavy (non-hydrogen) atoms. The molecule has 0 spiro atoms. The van der Waals surface area contributed by atoms with E-state index in [2.05, 4.69) is 10.6 Å². The molecule has 0 aromatic heterocycles. The minimum Gasteiger partial charge on any atom is -0.349 e. The minimum atomic E-state index is -0.281. The van der Waals surface area contributed by atoms with E-state index in [-0.39, 0.29) is 42.9 Å². The Morgan fingerprint density at radius 3 is 1.86 bits per heavy atom. The van der Waals surface area contributed by atoms with Crippen molar-refractivity contribution < 1.29 is 19.2 Å². The van der Waals surface area contributed by atoms with Crippen LogP contribution in [-0.2, 0) is 9.59 Å². The van der Waals surface area contributed by atoms with Gasteiger partial charge < -0.3 is 10.6 Å². The Kier molecular flexibility index (Phi) is 8.59. The van der Waals surface area contributed by atoms with Crippen LogP contribution in [0.25, 0.3) is 0 Å². The Balaban J connectivity index is 1.55. The van der Waals surface area contributed by atoms with Gasteiger partial charge in [-0.25, -0.2) is 0 Å². The van der Waals surface area contributed by atoms with Gasteiger partial charge >= 0.3 is 0 Å². The fourth-order valence-electron chi connectivity index (χ4n) is 2.56. The van der Waals surface area contributed by atoms with E-state index in [0.717, 1.165) is 0 Å². The molecule has 2 aromatic rings. The number of unbranched alkanes of at least 4 members (excludes halogenated alkanes) is 1. The molecular weight excluding hydrogens is 356 g/mol. The van der Waals surface area contributed by atoms with Crippen molar-refractivity contribution in [1.29, 1.82) is 0 Å². The van der Waals surface area contributed by atoms with Gasteiger partial charge in [-0.2, -0.15) is 0 Å². The lowest BCUT2D eigenvalue weighted by molar-refractivity contribution is -0.121. The first kappa shape index (κ1) is 21.0. The van der Waals surface area contributed by atoms with Crippen molar-refractivity contribution in [3.8, 4) is 0 Å². The number of carbonyl (C=O) groups is 4. The Morgan fingerprint density at radius 2 is 1.21 bits per heavy atom. The zero-order valence-corrected chi connectivity index (χ0v) is 15.6. The van der Waals surface area contributed by atoms with E-state index >= 15 is 0 Å². The highest BCUT2D eigenvalue weighted by molar-refractivity contribution is 5.99. The molecule has 0 aliphatic carbocycles. The molecule has 146 valence electrons. The quantitative estimate of drug-likeness (QED) is 0.463. The Morgan fingerprint density at radius 1 is 0.643 bits per heavy atom. The highest BCUT2D eigenvalue weighted by atomic mass is 16.2. The molecular formula is C22H24N2O4. The van der Waals surface area contributed by atoms with Crippen molar-refractivity contribution in [2.75, 3.05) is 13.1 Å². The van der Waals surface area contributed by atoms with E-state index in [1.54, 1.807) is 48.5 Å². The number of hydrogen-bond donors (Lipinski definition) is 2. The summed E-state index contributed by atoms with van der Waals surface area (Å²) < 4.78 is 0. The lowest BCUT2D eigenvalue weighted by Crippen LogP contribution is -2.30. The Labute approximate surface area is 164 Å². The SMILES string of the molecule is O=C(CCCCC(=O)NCC(=O)c1ccccc1)CNC(=O)c1ccccc1. The summed E-state index contributed by atoms with van der Waals surface area (Å²) in [7, 11) is 0. The number of ketones is 2. The molecule has 0 heterocycles. The normalized spacial score (nSPS) is 10.1. The molecule has 0 saturated carbocycles. The van der Waals surface area contributed by atoms with Gasteiger partial charge in [0.25, 0.3) is 5.91 Å². The van der Waals surface area contributed by atoms with E-state index < -0.39 is 0 Å². The van der Waals surface area contributed by atoms with Crippen LogP contribution in [0, 0.1) is 0 Å². The van der Waals surface area contributed by atoms with Crippen molar-refractivity contribution >= 4 is 23.4 Å². The number of benzene rings is 2. The molecule has 2 rings (SSSR count). The van der Waals surface area contributed by atoms with Crippen molar-refractivity contribution in [1.82, 2.24) is 10.6 Å². The highest BCUT2D eigenvalue weighted by Gasteiger charge is 2.09. The molecule has 0 bridgehead atoms. The van der Waals surface area contributed by atoms with Crippen LogP contribution in [0.5, 0.6) is 0 Å². The molecule has 0 fully saturated rings. The van der Waals surface area contributed by atoms with E-state index in [0.29, 0.717) is 30.4 Å². The van der Waals surface area contributed by atoms with Gasteiger partial charge in [-0.3, -0.25) is 19.2 Å². The molecule has 0 radical (unpaired) electrons. The zero-order chi connectivity index (χ0) is 20.2. The van der Waals surface area contributed by atoms with Crippen LogP contribution in [0.2, 0.25) is 0 Å². The number of nitrogens with one attached hydrogen (secondary N) is 2. The van der Waals surface area contributed by atoms with E-state index in [1.807, 2.05) is 12.1 Å². The summed E-state index contributed by atoms with van der Waals surface area (Å²) in [6, 6.07) is 17.5. The molecule has 6 heteroatoms. The van der Waals surface area contributed by atoms with Gasteiger partial charge in [0.15, 0.2) is 11.6 Å². The summed E-state index contributed by atoms with van der Waals surface area (Å²) >= 11 is 0. The molecule has 0 atom stereocenters. The summed E-state index contributed by atoms with van der Waals surface area (Å²) in [5.74, 6) is -0.715. The Hall–Kier alpha value is -3.28. The minimum absolute atomic E-state index is 0.0223. The van der Waals surface area contributed by atoms with Gasteiger partial charge in [0.1, 0.15) is 0 Å². The molecule has 0 aliphatic rings. The van der Waals surface area contributed by atoms with Crippen molar-refractivity contribution in [3.05, 3.63) is 71.8 Å². The third kappa shape index (κ3) is 7.53. The zero-order valence-electron chi connectivity index (χ0n) is 15.6. The third-order valence-corrected chi connectivity index (χ3v) is 4.13. The third-order valence-electron chi connectivity index (χ3n) is 4.13. The standard InChI is InChI=1S/C22H24N2O4/c25-19(15-24-22(28)18-11-5-2-6-12-18)13-7-8-14-21(27)23-16-20(26)17-9-3-1-4-10-17/h1-6,9-12H,7-8,13-16H2,(H,23,27)(H,24,28). The van der Waals surface area contributed by atoms with Crippen molar-refractivity contribution in [2.45, 2.75) is 25.7 Å². The number of rotatable bonds is 11. The average molecular weight is 380 g/mol. The molecule has 0 aliphatic heterocycles. The van der Waals surface area contributed by atoms with Crippen LogP contribution < -0.4 is 10.6 Å². The monoisotopic (exact) mass is 380 g/mol. The van der Waals surface area contributed by atoms with Gasteiger partial charge in [-0.1, -0.05) is 48.5 Å². The predicted octanol–water partition coefficient (Wildman–Crippen LogP) is 2.55.